The van der Waals surface area contributed by atoms with Gasteiger partial charge in [0.1, 0.15) is 11.5 Å². The topological polar surface area (TPSA) is 35.5 Å². The molecule has 70 valence electrons. The van der Waals surface area contributed by atoms with Crippen LogP contribution < -0.4 is 9.47 Å². The van der Waals surface area contributed by atoms with Crippen LogP contribution in [-0.4, -0.2) is 20.5 Å². The smallest absolute Gasteiger partial charge is 0.153 e. The molecule has 0 spiro atoms. The summed E-state index contributed by atoms with van der Waals surface area (Å²) in [6.07, 6.45) is 0.674. The average molecular weight is 201 g/mol. The third kappa shape index (κ3) is 1.92. The number of hydrogen-bond donors (Lipinski definition) is 0. The molecule has 13 heavy (non-hydrogen) atoms. The molecule has 0 aliphatic rings. The molecule has 0 bridgehead atoms. The SMILES string of the molecule is COc1cc(Cl)c(OC)c(C=O)c1. The normalized spacial score (nSPS) is 9.46. The highest BCUT2D eigenvalue weighted by molar-refractivity contribution is 6.32. The number of halogens is 1. The zero-order chi connectivity index (χ0) is 9.84. The molecule has 0 saturated carbocycles. The van der Waals surface area contributed by atoms with E-state index < -0.39 is 0 Å². The van der Waals surface area contributed by atoms with Gasteiger partial charge in [-0.15, -0.1) is 0 Å². The van der Waals surface area contributed by atoms with E-state index in [4.69, 9.17) is 21.1 Å². The molecular weight excluding hydrogens is 192 g/mol. The van der Waals surface area contributed by atoms with Gasteiger partial charge in [0.15, 0.2) is 6.29 Å². The number of aldehydes is 1. The molecule has 0 saturated heterocycles. The van der Waals surface area contributed by atoms with E-state index in [0.29, 0.717) is 28.4 Å². The van der Waals surface area contributed by atoms with Gasteiger partial charge in [0.05, 0.1) is 24.8 Å². The van der Waals surface area contributed by atoms with Crippen molar-refractivity contribution < 1.29 is 14.3 Å². The van der Waals surface area contributed by atoms with E-state index in [0.717, 1.165) is 0 Å². The molecule has 0 aromatic heterocycles. The fourth-order valence-corrected chi connectivity index (χ4v) is 1.30. The monoisotopic (exact) mass is 200 g/mol. The van der Waals surface area contributed by atoms with Crippen molar-refractivity contribution in [1.29, 1.82) is 0 Å². The number of hydrogen-bond acceptors (Lipinski definition) is 3. The molecule has 0 heterocycles. The molecule has 1 aromatic rings. The Bertz CT molecular complexity index is 323. The van der Waals surface area contributed by atoms with Crippen LogP contribution in [0.3, 0.4) is 0 Å². The zero-order valence-corrected chi connectivity index (χ0v) is 8.09. The summed E-state index contributed by atoms with van der Waals surface area (Å²) in [6.45, 7) is 0. The highest BCUT2D eigenvalue weighted by Crippen LogP contribution is 2.31. The van der Waals surface area contributed by atoms with E-state index in [9.17, 15) is 4.79 Å². The van der Waals surface area contributed by atoms with Crippen molar-refractivity contribution in [2.45, 2.75) is 0 Å². The summed E-state index contributed by atoms with van der Waals surface area (Å²) < 4.78 is 9.89. The second-order valence-corrected chi connectivity index (χ2v) is 2.76. The molecule has 0 amide bonds. The van der Waals surface area contributed by atoms with Crippen LogP contribution in [0, 0.1) is 0 Å². The highest BCUT2D eigenvalue weighted by Gasteiger charge is 2.09. The maximum Gasteiger partial charge on any atom is 0.153 e. The first-order chi connectivity index (χ1) is 6.22. The number of ether oxygens (including phenoxy) is 2. The van der Waals surface area contributed by atoms with E-state index in [-0.39, 0.29) is 0 Å². The Morgan fingerprint density at radius 2 is 2.00 bits per heavy atom. The fraction of sp³-hybridized carbons (Fsp3) is 0.222. The van der Waals surface area contributed by atoms with Crippen molar-refractivity contribution in [3.8, 4) is 11.5 Å². The maximum atomic E-state index is 10.6. The first kappa shape index (κ1) is 9.86. The predicted molar refractivity (Wildman–Crippen MR) is 49.9 cm³/mol. The Hall–Kier alpha value is -1.22. The Morgan fingerprint density at radius 3 is 2.46 bits per heavy atom. The summed E-state index contributed by atoms with van der Waals surface area (Å²) in [5, 5.41) is 0.365. The lowest BCUT2D eigenvalue weighted by atomic mass is 10.2. The number of carbonyl (C=O) groups is 1. The summed E-state index contributed by atoms with van der Waals surface area (Å²) in [4.78, 5) is 10.6. The van der Waals surface area contributed by atoms with E-state index >= 15 is 0 Å². The summed E-state index contributed by atoms with van der Waals surface area (Å²) >= 11 is 5.83. The van der Waals surface area contributed by atoms with Crippen molar-refractivity contribution in [2.24, 2.45) is 0 Å². The number of rotatable bonds is 3. The van der Waals surface area contributed by atoms with E-state index in [1.165, 1.54) is 14.2 Å². The minimum Gasteiger partial charge on any atom is -0.497 e. The van der Waals surface area contributed by atoms with Crippen LogP contribution in [-0.2, 0) is 0 Å². The molecule has 0 atom stereocenters. The molecule has 1 rings (SSSR count). The Balaban J connectivity index is 3.28. The standard InChI is InChI=1S/C9H9ClO3/c1-12-7-3-6(5-11)9(13-2)8(10)4-7/h3-5H,1-2H3. The second-order valence-electron chi connectivity index (χ2n) is 2.35. The second kappa shape index (κ2) is 4.14. The van der Waals surface area contributed by atoms with Crippen LogP contribution in [0.2, 0.25) is 5.02 Å². The molecule has 0 aliphatic carbocycles. The summed E-state index contributed by atoms with van der Waals surface area (Å²) in [7, 11) is 2.97. The Morgan fingerprint density at radius 1 is 1.31 bits per heavy atom. The summed E-state index contributed by atoms with van der Waals surface area (Å²) in [5.74, 6) is 0.908. The van der Waals surface area contributed by atoms with E-state index in [1.807, 2.05) is 0 Å². The molecule has 3 nitrogen and oxygen atoms in total. The molecule has 0 fully saturated rings. The lowest BCUT2D eigenvalue weighted by molar-refractivity contribution is 0.112. The molecule has 0 N–H and O–H groups in total. The first-order valence-corrected chi connectivity index (χ1v) is 3.97. The van der Waals surface area contributed by atoms with E-state index in [2.05, 4.69) is 0 Å². The average Bonchev–Trinajstić information content (AvgIpc) is 2.16. The molecule has 0 aliphatic heterocycles. The zero-order valence-electron chi connectivity index (χ0n) is 7.33. The predicted octanol–water partition coefficient (Wildman–Crippen LogP) is 2.17. The van der Waals surface area contributed by atoms with Gasteiger partial charge < -0.3 is 9.47 Å². The maximum absolute atomic E-state index is 10.6. The Labute approximate surface area is 81.2 Å². The quantitative estimate of drug-likeness (QED) is 0.702. The van der Waals surface area contributed by atoms with Crippen LogP contribution in [0.4, 0.5) is 0 Å². The van der Waals surface area contributed by atoms with Gasteiger partial charge in [-0.3, -0.25) is 4.79 Å². The fourth-order valence-electron chi connectivity index (χ4n) is 1.01. The van der Waals surface area contributed by atoms with Crippen LogP contribution in [0.15, 0.2) is 12.1 Å². The van der Waals surface area contributed by atoms with Gasteiger partial charge in [-0.1, -0.05) is 11.6 Å². The lowest BCUT2D eigenvalue weighted by Gasteiger charge is -2.07. The first-order valence-electron chi connectivity index (χ1n) is 3.59. The van der Waals surface area contributed by atoms with Crippen molar-refractivity contribution >= 4 is 17.9 Å². The minimum absolute atomic E-state index is 0.365. The molecule has 4 heteroatoms. The lowest BCUT2D eigenvalue weighted by Crippen LogP contribution is -1.93. The van der Waals surface area contributed by atoms with Crippen molar-refractivity contribution in [2.75, 3.05) is 14.2 Å². The van der Waals surface area contributed by atoms with Gasteiger partial charge in [-0.2, -0.15) is 0 Å². The molecule has 0 radical (unpaired) electrons. The minimum atomic E-state index is 0.365. The van der Waals surface area contributed by atoms with Crippen LogP contribution >= 0.6 is 11.6 Å². The van der Waals surface area contributed by atoms with Crippen LogP contribution in [0.1, 0.15) is 10.4 Å². The van der Waals surface area contributed by atoms with Gasteiger partial charge in [0.25, 0.3) is 0 Å². The number of methoxy groups -OCH3 is 2. The highest BCUT2D eigenvalue weighted by atomic mass is 35.5. The van der Waals surface area contributed by atoms with Gasteiger partial charge in [-0.05, 0) is 6.07 Å². The summed E-state index contributed by atoms with van der Waals surface area (Å²) in [6, 6.07) is 3.16. The molecule has 1 aromatic carbocycles. The number of carbonyl (C=O) groups excluding carboxylic acids is 1. The van der Waals surface area contributed by atoms with Crippen LogP contribution in [0.5, 0.6) is 11.5 Å². The van der Waals surface area contributed by atoms with Crippen molar-refractivity contribution in [3.63, 3.8) is 0 Å². The molecule has 0 unspecified atom stereocenters. The van der Waals surface area contributed by atoms with Crippen molar-refractivity contribution in [3.05, 3.63) is 22.7 Å². The van der Waals surface area contributed by atoms with Gasteiger partial charge >= 0.3 is 0 Å². The number of benzene rings is 1. The van der Waals surface area contributed by atoms with Crippen LogP contribution in [0.25, 0.3) is 0 Å². The summed E-state index contributed by atoms with van der Waals surface area (Å²) in [5.41, 5.74) is 0.381. The van der Waals surface area contributed by atoms with Gasteiger partial charge in [-0.25, -0.2) is 0 Å². The largest absolute Gasteiger partial charge is 0.497 e. The van der Waals surface area contributed by atoms with Crippen molar-refractivity contribution in [1.82, 2.24) is 0 Å². The van der Waals surface area contributed by atoms with Gasteiger partial charge in [0, 0.05) is 6.07 Å². The molecular formula is C9H9ClO3. The third-order valence-electron chi connectivity index (χ3n) is 1.61. The van der Waals surface area contributed by atoms with Gasteiger partial charge in [0.2, 0.25) is 0 Å². The van der Waals surface area contributed by atoms with E-state index in [1.54, 1.807) is 12.1 Å². The Kier molecular flexibility index (Phi) is 3.14. The third-order valence-corrected chi connectivity index (χ3v) is 1.89.